The Kier molecular flexibility index (Phi) is 9.12. The molecule has 2 aromatic carbocycles. The van der Waals surface area contributed by atoms with Crippen molar-refractivity contribution in [1.82, 2.24) is 4.31 Å². The minimum atomic E-state index is -3.84. The van der Waals surface area contributed by atoms with Crippen molar-refractivity contribution in [2.45, 2.75) is 18.7 Å². The van der Waals surface area contributed by atoms with Gasteiger partial charge >= 0.3 is 11.9 Å². The van der Waals surface area contributed by atoms with Crippen LogP contribution in [0.4, 0.5) is 5.00 Å². The first-order chi connectivity index (χ1) is 18.7. The maximum Gasteiger partial charge on any atom is 0.341 e. The highest BCUT2D eigenvalue weighted by molar-refractivity contribution is 7.89. The predicted octanol–water partition coefficient (Wildman–Crippen LogP) is 3.72. The summed E-state index contributed by atoms with van der Waals surface area (Å²) in [6.45, 7) is 3.88. The van der Waals surface area contributed by atoms with Gasteiger partial charge in [-0.15, -0.1) is 11.3 Å². The second-order valence-electron chi connectivity index (χ2n) is 8.56. The Morgan fingerprint density at radius 2 is 1.74 bits per heavy atom. The van der Waals surface area contributed by atoms with Crippen molar-refractivity contribution in [1.29, 1.82) is 0 Å². The highest BCUT2D eigenvalue weighted by Crippen LogP contribution is 2.36. The van der Waals surface area contributed by atoms with Crippen molar-refractivity contribution in [2.24, 2.45) is 0 Å². The summed E-state index contributed by atoms with van der Waals surface area (Å²) >= 11 is 1.15. The zero-order valence-electron chi connectivity index (χ0n) is 21.5. The van der Waals surface area contributed by atoms with Gasteiger partial charge in [0.2, 0.25) is 10.0 Å². The van der Waals surface area contributed by atoms with Gasteiger partial charge in [-0.25, -0.2) is 18.0 Å². The molecule has 1 fully saturated rings. The fourth-order valence-corrected chi connectivity index (χ4v) is 6.63. The van der Waals surface area contributed by atoms with Gasteiger partial charge in [0.25, 0.3) is 5.91 Å². The van der Waals surface area contributed by atoms with Gasteiger partial charge in [0.1, 0.15) is 10.6 Å². The van der Waals surface area contributed by atoms with Crippen LogP contribution in [-0.4, -0.2) is 70.1 Å². The van der Waals surface area contributed by atoms with E-state index in [1.54, 1.807) is 19.2 Å². The molecule has 39 heavy (non-hydrogen) atoms. The standard InChI is InChI=1S/C27H28N2O8S2/c1-3-36-27(32)24-21(19-7-5-4-6-8-19)17-38-25(24)28-23(30)16-37-26(31)20-10-9-18(2)22(15-20)39(33,34)29-11-13-35-14-12-29/h4-10,15,17H,3,11-14,16H2,1-2H3,(H,28,30). The van der Waals surface area contributed by atoms with Crippen LogP contribution in [0.15, 0.2) is 58.8 Å². The zero-order valence-corrected chi connectivity index (χ0v) is 23.1. The van der Waals surface area contributed by atoms with Crippen molar-refractivity contribution < 1.29 is 37.0 Å². The SMILES string of the molecule is CCOC(=O)c1c(-c2ccccc2)csc1NC(=O)COC(=O)c1ccc(C)c(S(=O)(=O)N2CCOCC2)c1. The molecular weight excluding hydrogens is 544 g/mol. The average Bonchev–Trinajstić information content (AvgIpc) is 3.36. The van der Waals surface area contributed by atoms with Gasteiger partial charge in [-0.2, -0.15) is 4.31 Å². The number of thiophene rings is 1. The lowest BCUT2D eigenvalue weighted by atomic mass is 10.0. The van der Waals surface area contributed by atoms with Crippen LogP contribution in [-0.2, 0) is 29.0 Å². The molecule has 3 aromatic rings. The number of aryl methyl sites for hydroxylation is 1. The molecule has 1 amide bonds. The van der Waals surface area contributed by atoms with Crippen LogP contribution in [0.5, 0.6) is 0 Å². The predicted molar refractivity (Wildman–Crippen MR) is 145 cm³/mol. The van der Waals surface area contributed by atoms with E-state index in [0.717, 1.165) is 16.9 Å². The lowest BCUT2D eigenvalue weighted by Gasteiger charge is -2.26. The number of rotatable bonds is 9. The smallest absolute Gasteiger partial charge is 0.341 e. The number of amides is 1. The molecule has 1 aliphatic rings. The number of morpholine rings is 1. The molecule has 1 saturated heterocycles. The number of ether oxygens (including phenoxy) is 3. The topological polar surface area (TPSA) is 128 Å². The minimum absolute atomic E-state index is 0.00469. The summed E-state index contributed by atoms with van der Waals surface area (Å²) in [4.78, 5) is 38.1. The van der Waals surface area contributed by atoms with Crippen LogP contribution in [0.1, 0.15) is 33.2 Å². The molecule has 0 radical (unpaired) electrons. The first-order valence-corrected chi connectivity index (χ1v) is 14.5. The highest BCUT2D eigenvalue weighted by atomic mass is 32.2. The van der Waals surface area contributed by atoms with Gasteiger partial charge < -0.3 is 19.5 Å². The zero-order chi connectivity index (χ0) is 28.0. The van der Waals surface area contributed by atoms with Crippen molar-refractivity contribution in [3.8, 4) is 11.1 Å². The summed E-state index contributed by atoms with van der Waals surface area (Å²) in [6.07, 6.45) is 0. The van der Waals surface area contributed by atoms with Crippen LogP contribution >= 0.6 is 11.3 Å². The normalized spacial score (nSPS) is 14.0. The van der Waals surface area contributed by atoms with Crippen molar-refractivity contribution >= 4 is 44.2 Å². The molecule has 0 atom stereocenters. The fraction of sp³-hybridized carbons (Fsp3) is 0.296. The van der Waals surface area contributed by atoms with Gasteiger partial charge in [-0.1, -0.05) is 36.4 Å². The summed E-state index contributed by atoms with van der Waals surface area (Å²) in [7, 11) is -3.84. The van der Waals surface area contributed by atoms with Gasteiger partial charge in [0.05, 0.1) is 30.3 Å². The Bertz CT molecular complexity index is 1460. The molecule has 0 bridgehead atoms. The Balaban J connectivity index is 1.46. The van der Waals surface area contributed by atoms with Crippen LogP contribution in [0.3, 0.4) is 0 Å². The summed E-state index contributed by atoms with van der Waals surface area (Å²) in [5.41, 5.74) is 2.08. The molecule has 4 rings (SSSR count). The van der Waals surface area contributed by atoms with E-state index < -0.39 is 34.5 Å². The molecule has 12 heteroatoms. The second kappa shape index (κ2) is 12.5. The largest absolute Gasteiger partial charge is 0.462 e. The van der Waals surface area contributed by atoms with Gasteiger partial charge in [-0.05, 0) is 37.1 Å². The molecule has 2 heterocycles. The van der Waals surface area contributed by atoms with E-state index >= 15 is 0 Å². The van der Waals surface area contributed by atoms with E-state index in [9.17, 15) is 22.8 Å². The van der Waals surface area contributed by atoms with Gasteiger partial charge in [0.15, 0.2) is 6.61 Å². The Morgan fingerprint density at radius 3 is 2.44 bits per heavy atom. The molecule has 10 nitrogen and oxygen atoms in total. The number of hydrogen-bond acceptors (Lipinski definition) is 9. The summed E-state index contributed by atoms with van der Waals surface area (Å²) in [5, 5.41) is 4.63. The molecular formula is C27H28N2O8S2. The lowest BCUT2D eigenvalue weighted by molar-refractivity contribution is -0.119. The fourth-order valence-electron chi connectivity index (χ4n) is 3.99. The third-order valence-electron chi connectivity index (χ3n) is 5.95. The number of benzene rings is 2. The number of nitrogens with zero attached hydrogens (tertiary/aromatic N) is 1. The number of esters is 2. The molecule has 0 unspecified atom stereocenters. The van der Waals surface area contributed by atoms with Crippen molar-refractivity contribution in [3.05, 3.63) is 70.6 Å². The van der Waals surface area contributed by atoms with Crippen LogP contribution in [0.2, 0.25) is 0 Å². The molecule has 0 aliphatic carbocycles. The second-order valence-corrected chi connectivity index (χ2v) is 11.3. The summed E-state index contributed by atoms with van der Waals surface area (Å²) < 4.78 is 43.1. The number of carbonyl (C=O) groups excluding carboxylic acids is 3. The molecule has 0 saturated carbocycles. The number of anilines is 1. The minimum Gasteiger partial charge on any atom is -0.462 e. The molecule has 1 N–H and O–H groups in total. The lowest BCUT2D eigenvalue weighted by Crippen LogP contribution is -2.40. The maximum atomic E-state index is 13.1. The Morgan fingerprint density at radius 1 is 1.03 bits per heavy atom. The monoisotopic (exact) mass is 572 g/mol. The maximum absolute atomic E-state index is 13.1. The van der Waals surface area contributed by atoms with Crippen LogP contribution in [0, 0.1) is 6.92 Å². The summed E-state index contributed by atoms with van der Waals surface area (Å²) in [6, 6.07) is 13.4. The number of nitrogens with one attached hydrogen (secondary N) is 1. The third-order valence-corrected chi connectivity index (χ3v) is 8.89. The molecule has 0 spiro atoms. The third kappa shape index (κ3) is 6.53. The number of hydrogen-bond donors (Lipinski definition) is 1. The van der Waals surface area contributed by atoms with E-state index in [0.29, 0.717) is 24.3 Å². The van der Waals surface area contributed by atoms with E-state index in [4.69, 9.17) is 14.2 Å². The molecule has 206 valence electrons. The van der Waals surface area contributed by atoms with Crippen LogP contribution in [0.25, 0.3) is 11.1 Å². The van der Waals surface area contributed by atoms with Crippen LogP contribution < -0.4 is 5.32 Å². The van der Waals surface area contributed by atoms with E-state index in [-0.39, 0.29) is 40.7 Å². The van der Waals surface area contributed by atoms with E-state index in [1.165, 1.54) is 22.5 Å². The Labute approximate surface area is 230 Å². The van der Waals surface area contributed by atoms with E-state index in [1.807, 2.05) is 30.3 Å². The number of sulfonamides is 1. The van der Waals surface area contributed by atoms with Crippen molar-refractivity contribution in [3.63, 3.8) is 0 Å². The quantitative estimate of drug-likeness (QED) is 0.384. The number of carbonyl (C=O) groups is 3. The first-order valence-electron chi connectivity index (χ1n) is 12.2. The Hall–Kier alpha value is -3.58. The molecule has 1 aliphatic heterocycles. The first kappa shape index (κ1) is 28.4. The van der Waals surface area contributed by atoms with Crippen molar-refractivity contribution in [2.75, 3.05) is 44.8 Å². The summed E-state index contributed by atoms with van der Waals surface area (Å²) in [5.74, 6) is -2.10. The molecule has 1 aromatic heterocycles. The average molecular weight is 573 g/mol. The van der Waals surface area contributed by atoms with Gasteiger partial charge in [0, 0.05) is 24.0 Å². The highest BCUT2D eigenvalue weighted by Gasteiger charge is 2.29. The van der Waals surface area contributed by atoms with Gasteiger partial charge in [-0.3, -0.25) is 4.79 Å². The van der Waals surface area contributed by atoms with E-state index in [2.05, 4.69) is 5.32 Å².